The summed E-state index contributed by atoms with van der Waals surface area (Å²) in [5.41, 5.74) is 7.22. The predicted octanol–water partition coefficient (Wildman–Crippen LogP) is 2.56. The van der Waals surface area contributed by atoms with Gasteiger partial charge >= 0.3 is 0 Å². The molecule has 1 aliphatic heterocycles. The number of H-pyrrole nitrogens is 1. The van der Waals surface area contributed by atoms with E-state index in [1.807, 2.05) is 12.3 Å². The largest absolute Gasteiger partial charge is 0.368 e. The van der Waals surface area contributed by atoms with Gasteiger partial charge in [-0.2, -0.15) is 4.98 Å². The molecule has 0 saturated carbocycles. The fraction of sp³-hybridized carbons (Fsp3) is 0.316. The van der Waals surface area contributed by atoms with Crippen LogP contribution in [-0.4, -0.2) is 51.0 Å². The molecule has 0 amide bonds. The maximum atomic E-state index is 5.98. The summed E-state index contributed by atoms with van der Waals surface area (Å²) >= 11 is 1.61. The number of nitrogen functional groups attached to an aromatic ring is 1. The fourth-order valence-electron chi connectivity index (χ4n) is 3.10. The van der Waals surface area contributed by atoms with Crippen molar-refractivity contribution in [1.29, 1.82) is 0 Å². The molecule has 0 unspecified atom stereocenters. The van der Waals surface area contributed by atoms with Crippen LogP contribution in [-0.2, 0) is 6.54 Å². The molecule has 2 aromatic heterocycles. The van der Waals surface area contributed by atoms with Gasteiger partial charge in [-0.1, -0.05) is 29.5 Å². The molecule has 1 fully saturated rings. The van der Waals surface area contributed by atoms with Crippen molar-refractivity contribution in [3.63, 3.8) is 0 Å². The van der Waals surface area contributed by atoms with E-state index in [0.29, 0.717) is 5.95 Å². The van der Waals surface area contributed by atoms with E-state index in [0.717, 1.165) is 54.3 Å². The summed E-state index contributed by atoms with van der Waals surface area (Å²) in [6, 6.07) is 10.4. The molecule has 3 N–H and O–H groups in total. The van der Waals surface area contributed by atoms with Crippen LogP contribution in [0.4, 0.5) is 11.8 Å². The van der Waals surface area contributed by atoms with Gasteiger partial charge in [0.1, 0.15) is 16.7 Å². The highest BCUT2D eigenvalue weighted by Crippen LogP contribution is 2.29. The molecule has 1 saturated heterocycles. The van der Waals surface area contributed by atoms with Crippen LogP contribution in [0.25, 0.3) is 0 Å². The SMILES string of the molecule is Cc1ccc(Sc2cc(N3CCN(Cc4ncc[nH]4)CC3)nc(N)n2)cc1. The van der Waals surface area contributed by atoms with Gasteiger partial charge in [0.2, 0.25) is 5.95 Å². The Morgan fingerprint density at radius 1 is 1.11 bits per heavy atom. The number of benzene rings is 1. The zero-order valence-corrected chi connectivity index (χ0v) is 16.1. The molecule has 0 aliphatic carbocycles. The first-order valence-electron chi connectivity index (χ1n) is 9.00. The molecule has 3 aromatic rings. The monoisotopic (exact) mass is 381 g/mol. The highest BCUT2D eigenvalue weighted by molar-refractivity contribution is 7.99. The number of nitrogens with two attached hydrogens (primary N) is 1. The topological polar surface area (TPSA) is 87.0 Å². The van der Waals surface area contributed by atoms with Crippen molar-refractivity contribution in [2.45, 2.75) is 23.4 Å². The second-order valence-electron chi connectivity index (χ2n) is 6.64. The molecule has 27 heavy (non-hydrogen) atoms. The van der Waals surface area contributed by atoms with Crippen LogP contribution in [0.15, 0.2) is 52.6 Å². The molecule has 7 nitrogen and oxygen atoms in total. The number of nitrogens with one attached hydrogen (secondary N) is 1. The quantitative estimate of drug-likeness (QED) is 0.657. The lowest BCUT2D eigenvalue weighted by Gasteiger charge is -2.35. The Kier molecular flexibility index (Phi) is 5.26. The number of hydrogen-bond acceptors (Lipinski definition) is 7. The normalized spacial score (nSPS) is 15.2. The van der Waals surface area contributed by atoms with Crippen LogP contribution in [0.3, 0.4) is 0 Å². The minimum atomic E-state index is 0.320. The predicted molar refractivity (Wildman–Crippen MR) is 108 cm³/mol. The number of nitrogens with zero attached hydrogens (tertiary/aromatic N) is 5. The van der Waals surface area contributed by atoms with E-state index in [9.17, 15) is 0 Å². The lowest BCUT2D eigenvalue weighted by Crippen LogP contribution is -2.46. The van der Waals surface area contributed by atoms with Gasteiger partial charge in [-0.15, -0.1) is 0 Å². The van der Waals surface area contributed by atoms with E-state index in [1.165, 1.54) is 5.56 Å². The number of rotatable bonds is 5. The summed E-state index contributed by atoms with van der Waals surface area (Å²) in [4.78, 5) is 22.1. The van der Waals surface area contributed by atoms with E-state index in [1.54, 1.807) is 18.0 Å². The third kappa shape index (κ3) is 4.58. The number of hydrogen-bond donors (Lipinski definition) is 2. The Morgan fingerprint density at radius 3 is 2.59 bits per heavy atom. The lowest BCUT2D eigenvalue weighted by molar-refractivity contribution is 0.244. The summed E-state index contributed by atoms with van der Waals surface area (Å²) in [5.74, 6) is 2.22. The number of aromatic amines is 1. The van der Waals surface area contributed by atoms with Gasteiger partial charge in [-0.25, -0.2) is 9.97 Å². The van der Waals surface area contributed by atoms with Gasteiger partial charge in [0.15, 0.2) is 0 Å². The standard InChI is InChI=1S/C19H23N7S/c1-14-2-4-15(5-3-14)27-18-12-17(23-19(20)24-18)26-10-8-25(9-11-26)13-16-21-6-7-22-16/h2-7,12H,8-11,13H2,1H3,(H,21,22)(H2,20,23,24). The number of imidazole rings is 1. The lowest BCUT2D eigenvalue weighted by atomic mass is 10.2. The Hall–Kier alpha value is -2.58. The molecule has 1 aliphatic rings. The summed E-state index contributed by atoms with van der Waals surface area (Å²) in [7, 11) is 0. The fourth-order valence-corrected chi connectivity index (χ4v) is 3.92. The first kappa shape index (κ1) is 17.8. The molecule has 140 valence electrons. The van der Waals surface area contributed by atoms with Crippen LogP contribution in [0, 0.1) is 6.92 Å². The van der Waals surface area contributed by atoms with Crippen molar-refractivity contribution in [2.24, 2.45) is 0 Å². The maximum absolute atomic E-state index is 5.98. The molecular weight excluding hydrogens is 358 g/mol. The first-order chi connectivity index (χ1) is 13.2. The van der Waals surface area contributed by atoms with Gasteiger partial charge in [0.25, 0.3) is 0 Å². The molecule has 0 radical (unpaired) electrons. The van der Waals surface area contributed by atoms with Crippen molar-refractivity contribution < 1.29 is 0 Å². The van der Waals surface area contributed by atoms with Gasteiger partial charge in [0.05, 0.1) is 6.54 Å². The van der Waals surface area contributed by atoms with Crippen LogP contribution in [0.2, 0.25) is 0 Å². The third-order valence-electron chi connectivity index (χ3n) is 4.57. The zero-order valence-electron chi connectivity index (χ0n) is 15.3. The zero-order chi connectivity index (χ0) is 18.6. The highest BCUT2D eigenvalue weighted by Gasteiger charge is 2.20. The molecule has 3 heterocycles. The van der Waals surface area contributed by atoms with E-state index >= 15 is 0 Å². The minimum absolute atomic E-state index is 0.320. The number of piperazine rings is 1. The number of anilines is 2. The van der Waals surface area contributed by atoms with Crippen LogP contribution in [0.5, 0.6) is 0 Å². The Balaban J connectivity index is 1.41. The summed E-state index contributed by atoms with van der Waals surface area (Å²) in [5, 5.41) is 0.874. The molecule has 8 heteroatoms. The van der Waals surface area contributed by atoms with Gasteiger partial charge < -0.3 is 15.6 Å². The van der Waals surface area contributed by atoms with Crippen LogP contribution in [0.1, 0.15) is 11.4 Å². The maximum Gasteiger partial charge on any atom is 0.223 e. The van der Waals surface area contributed by atoms with Crippen molar-refractivity contribution in [2.75, 3.05) is 36.8 Å². The van der Waals surface area contributed by atoms with E-state index in [-0.39, 0.29) is 0 Å². The highest BCUT2D eigenvalue weighted by atomic mass is 32.2. The van der Waals surface area contributed by atoms with Crippen LogP contribution < -0.4 is 10.6 Å². The summed E-state index contributed by atoms with van der Waals surface area (Å²) < 4.78 is 0. The third-order valence-corrected chi connectivity index (χ3v) is 5.50. The second-order valence-corrected chi connectivity index (χ2v) is 7.73. The van der Waals surface area contributed by atoms with Crippen molar-refractivity contribution in [3.8, 4) is 0 Å². The Bertz CT molecular complexity index is 872. The minimum Gasteiger partial charge on any atom is -0.368 e. The molecule has 1 aromatic carbocycles. The average Bonchev–Trinajstić information content (AvgIpc) is 3.17. The summed E-state index contributed by atoms with van der Waals surface area (Å²) in [6.45, 7) is 6.68. The van der Waals surface area contributed by atoms with E-state index < -0.39 is 0 Å². The van der Waals surface area contributed by atoms with Gasteiger partial charge in [-0.05, 0) is 19.1 Å². The molecule has 0 bridgehead atoms. The van der Waals surface area contributed by atoms with Gasteiger partial charge in [0, 0.05) is 49.5 Å². The molecule has 0 atom stereocenters. The molecule has 0 spiro atoms. The summed E-state index contributed by atoms with van der Waals surface area (Å²) in [6.07, 6.45) is 3.66. The molecule has 4 rings (SSSR count). The average molecular weight is 382 g/mol. The Morgan fingerprint density at radius 2 is 1.89 bits per heavy atom. The van der Waals surface area contributed by atoms with Crippen molar-refractivity contribution in [1.82, 2.24) is 24.8 Å². The number of aromatic nitrogens is 4. The van der Waals surface area contributed by atoms with Crippen molar-refractivity contribution in [3.05, 3.63) is 54.1 Å². The second kappa shape index (κ2) is 7.98. The molecular formula is C19H23N7S. The Labute approximate surface area is 163 Å². The van der Waals surface area contributed by atoms with Gasteiger partial charge in [-0.3, -0.25) is 4.90 Å². The van der Waals surface area contributed by atoms with Crippen LogP contribution >= 0.6 is 11.8 Å². The van der Waals surface area contributed by atoms with Crippen molar-refractivity contribution >= 4 is 23.5 Å². The smallest absolute Gasteiger partial charge is 0.223 e. The number of aryl methyl sites for hydroxylation is 1. The van der Waals surface area contributed by atoms with E-state index in [2.05, 4.69) is 60.9 Å². The van der Waals surface area contributed by atoms with E-state index in [4.69, 9.17) is 5.73 Å². The first-order valence-corrected chi connectivity index (χ1v) is 9.82.